The van der Waals surface area contributed by atoms with Gasteiger partial charge in [-0.2, -0.15) is 4.98 Å². The molecule has 3 heterocycles. The lowest BCUT2D eigenvalue weighted by atomic mass is 9.93. The number of fused-ring (bicyclic) bond motifs is 1. The number of aromatic nitrogens is 4. The first-order valence-corrected chi connectivity index (χ1v) is 14.5. The van der Waals surface area contributed by atoms with Crippen LogP contribution in [0.15, 0.2) is 61.2 Å². The maximum Gasteiger partial charge on any atom is 0.229 e. The van der Waals surface area contributed by atoms with E-state index in [2.05, 4.69) is 83.0 Å². The zero-order valence-corrected chi connectivity index (χ0v) is 24.0. The van der Waals surface area contributed by atoms with Crippen LogP contribution in [0.25, 0.3) is 22.2 Å². The maximum absolute atomic E-state index is 9.98. The average molecular weight is 529 g/mol. The predicted molar refractivity (Wildman–Crippen MR) is 161 cm³/mol. The second-order valence-electron chi connectivity index (χ2n) is 10.6. The Hall–Kier alpha value is -3.29. The second kappa shape index (κ2) is 14.2. The number of benzene rings is 1. The van der Waals surface area contributed by atoms with E-state index in [1.807, 2.05) is 18.3 Å². The van der Waals surface area contributed by atoms with Gasteiger partial charge in [-0.1, -0.05) is 45.0 Å². The van der Waals surface area contributed by atoms with Crippen molar-refractivity contribution >= 4 is 22.7 Å². The molecule has 39 heavy (non-hydrogen) atoms. The van der Waals surface area contributed by atoms with Crippen molar-refractivity contribution in [3.8, 4) is 11.1 Å². The van der Waals surface area contributed by atoms with Gasteiger partial charge in [-0.3, -0.25) is 4.98 Å². The molecule has 0 saturated heterocycles. The third-order valence-electron chi connectivity index (χ3n) is 7.43. The number of nitrogens with zero attached hydrogens (tertiary/aromatic N) is 5. The number of pyridine rings is 1. The molecular weight excluding hydrogens is 484 g/mol. The Morgan fingerprint density at radius 3 is 2.31 bits per heavy atom. The van der Waals surface area contributed by atoms with Gasteiger partial charge < -0.3 is 19.9 Å². The molecule has 0 atom stereocenters. The molecule has 1 saturated carbocycles. The number of aliphatic hydroxyl groups excluding tert-OH is 1. The van der Waals surface area contributed by atoms with Gasteiger partial charge in [-0.25, -0.2) is 4.98 Å². The Bertz CT molecular complexity index is 1270. The zero-order valence-electron chi connectivity index (χ0n) is 24.0. The van der Waals surface area contributed by atoms with Gasteiger partial charge in [0, 0.05) is 35.6 Å². The van der Waals surface area contributed by atoms with E-state index >= 15 is 0 Å². The van der Waals surface area contributed by atoms with Crippen LogP contribution in [0.1, 0.15) is 70.9 Å². The summed E-state index contributed by atoms with van der Waals surface area (Å²) in [5.74, 6) is 0.559. The molecule has 0 radical (unpaired) electrons. The third-order valence-corrected chi connectivity index (χ3v) is 7.43. The van der Waals surface area contributed by atoms with Crippen molar-refractivity contribution in [2.45, 2.75) is 77.9 Å². The van der Waals surface area contributed by atoms with Gasteiger partial charge in [0.15, 0.2) is 0 Å². The van der Waals surface area contributed by atoms with E-state index in [0.29, 0.717) is 12.0 Å². The molecular formula is C32H44N6O. The molecule has 7 nitrogen and oxygen atoms in total. The molecule has 2 N–H and O–H groups in total. The molecule has 1 aliphatic rings. The highest BCUT2D eigenvalue weighted by atomic mass is 16.3. The van der Waals surface area contributed by atoms with Gasteiger partial charge in [-0.05, 0) is 88.3 Å². The smallest absolute Gasteiger partial charge is 0.229 e. The quantitative estimate of drug-likeness (QED) is 0.243. The minimum absolute atomic E-state index is 0.184. The van der Waals surface area contributed by atoms with Gasteiger partial charge in [0.25, 0.3) is 0 Å². The standard InChI is InChI=1S/C25H27N5O.C7H17N/c1-2-17-5-7-18(8-6-17)23-16-30(20-9-11-21(31)12-10-20)24-22(23)15-27-25(29-24)28-19-4-3-13-26-14-19;1-4-6-8(3)7-5-2/h3-8,13-16,20-21,31H,2,9-12H2,1H3,(H,27,28,29);4-7H2,1-3H3. The molecule has 3 aromatic heterocycles. The van der Waals surface area contributed by atoms with Crippen molar-refractivity contribution in [1.29, 1.82) is 0 Å². The summed E-state index contributed by atoms with van der Waals surface area (Å²) in [6.07, 6.45) is 14.6. The van der Waals surface area contributed by atoms with Crippen LogP contribution < -0.4 is 5.32 Å². The first-order chi connectivity index (χ1) is 19.0. The number of anilines is 2. The van der Waals surface area contributed by atoms with Crippen molar-refractivity contribution in [2.24, 2.45) is 0 Å². The van der Waals surface area contributed by atoms with E-state index < -0.39 is 0 Å². The molecule has 0 amide bonds. The first kappa shape index (κ1) is 28.7. The summed E-state index contributed by atoms with van der Waals surface area (Å²) in [6.45, 7) is 9.09. The molecule has 1 fully saturated rings. The van der Waals surface area contributed by atoms with E-state index in [0.717, 1.165) is 54.4 Å². The molecule has 4 aromatic rings. The summed E-state index contributed by atoms with van der Waals surface area (Å²) in [7, 11) is 2.17. The number of hydrogen-bond donors (Lipinski definition) is 2. The summed E-state index contributed by atoms with van der Waals surface area (Å²) in [5.41, 5.74) is 5.44. The summed E-state index contributed by atoms with van der Waals surface area (Å²) >= 11 is 0. The van der Waals surface area contributed by atoms with Crippen molar-refractivity contribution in [3.63, 3.8) is 0 Å². The molecule has 0 spiro atoms. The summed E-state index contributed by atoms with van der Waals surface area (Å²) in [5, 5.41) is 14.3. The molecule has 7 heteroatoms. The van der Waals surface area contributed by atoms with Crippen LogP contribution in [0.2, 0.25) is 0 Å². The normalized spacial score (nSPS) is 17.2. The van der Waals surface area contributed by atoms with Crippen LogP contribution in [-0.2, 0) is 6.42 Å². The number of rotatable bonds is 9. The van der Waals surface area contributed by atoms with Gasteiger partial charge >= 0.3 is 0 Å². The Morgan fingerprint density at radius 2 is 1.69 bits per heavy atom. The Kier molecular flexibility index (Phi) is 10.5. The van der Waals surface area contributed by atoms with Crippen LogP contribution >= 0.6 is 0 Å². The van der Waals surface area contributed by atoms with Crippen LogP contribution in [0.4, 0.5) is 11.6 Å². The first-order valence-electron chi connectivity index (χ1n) is 14.5. The van der Waals surface area contributed by atoms with Crippen LogP contribution in [-0.4, -0.2) is 55.8 Å². The van der Waals surface area contributed by atoms with Crippen molar-refractivity contribution in [1.82, 2.24) is 24.4 Å². The van der Waals surface area contributed by atoms with Gasteiger partial charge in [0.1, 0.15) is 5.65 Å². The van der Waals surface area contributed by atoms with Gasteiger partial charge in [0.2, 0.25) is 5.95 Å². The zero-order chi connectivity index (χ0) is 27.6. The molecule has 5 rings (SSSR count). The van der Waals surface area contributed by atoms with Crippen LogP contribution in [0, 0.1) is 0 Å². The van der Waals surface area contributed by atoms with Crippen molar-refractivity contribution in [2.75, 3.05) is 25.5 Å². The van der Waals surface area contributed by atoms with E-state index in [1.54, 1.807) is 12.4 Å². The summed E-state index contributed by atoms with van der Waals surface area (Å²) < 4.78 is 2.29. The number of hydrogen-bond acceptors (Lipinski definition) is 6. The number of nitrogens with one attached hydrogen (secondary N) is 1. The predicted octanol–water partition coefficient (Wildman–Crippen LogP) is 7.01. The van der Waals surface area contributed by atoms with Crippen molar-refractivity contribution < 1.29 is 5.11 Å². The number of aliphatic hydroxyl groups is 1. The summed E-state index contributed by atoms with van der Waals surface area (Å²) in [6, 6.07) is 12.9. The fourth-order valence-electron chi connectivity index (χ4n) is 5.30. The lowest BCUT2D eigenvalue weighted by Crippen LogP contribution is -2.20. The van der Waals surface area contributed by atoms with Crippen molar-refractivity contribution in [3.05, 3.63) is 66.7 Å². The second-order valence-corrected chi connectivity index (χ2v) is 10.6. The van der Waals surface area contributed by atoms with E-state index in [4.69, 9.17) is 4.98 Å². The average Bonchev–Trinajstić information content (AvgIpc) is 3.33. The van der Waals surface area contributed by atoms with Crippen LogP contribution in [0.3, 0.4) is 0 Å². The van der Waals surface area contributed by atoms with Gasteiger partial charge in [-0.15, -0.1) is 0 Å². The highest BCUT2D eigenvalue weighted by Crippen LogP contribution is 2.37. The monoisotopic (exact) mass is 528 g/mol. The fraction of sp³-hybridized carbons (Fsp3) is 0.469. The minimum Gasteiger partial charge on any atom is -0.393 e. The van der Waals surface area contributed by atoms with E-state index in [1.165, 1.54) is 37.1 Å². The molecule has 1 aliphatic carbocycles. The molecule has 1 aromatic carbocycles. The molecule has 0 aliphatic heterocycles. The lowest BCUT2D eigenvalue weighted by molar-refractivity contribution is 0.111. The maximum atomic E-state index is 9.98. The SMILES string of the molecule is CCCN(C)CCC.CCc1ccc(-c2cn(C3CCC(O)CC3)c3nc(Nc4cccnc4)ncc23)cc1. The van der Waals surface area contributed by atoms with E-state index in [-0.39, 0.29) is 6.10 Å². The molecule has 0 unspecified atom stereocenters. The third kappa shape index (κ3) is 7.64. The highest BCUT2D eigenvalue weighted by Gasteiger charge is 2.24. The lowest BCUT2D eigenvalue weighted by Gasteiger charge is -2.27. The van der Waals surface area contributed by atoms with Gasteiger partial charge in [0.05, 0.1) is 18.0 Å². The Morgan fingerprint density at radius 1 is 0.974 bits per heavy atom. The number of aryl methyl sites for hydroxylation is 1. The molecule has 208 valence electrons. The van der Waals surface area contributed by atoms with E-state index in [9.17, 15) is 5.11 Å². The Balaban J connectivity index is 0.000000386. The summed E-state index contributed by atoms with van der Waals surface area (Å²) in [4.78, 5) is 16.0. The largest absolute Gasteiger partial charge is 0.393 e. The fourth-order valence-corrected chi connectivity index (χ4v) is 5.30. The Labute approximate surface area is 233 Å². The van der Waals surface area contributed by atoms with Crippen LogP contribution in [0.5, 0.6) is 0 Å². The highest BCUT2D eigenvalue weighted by molar-refractivity contribution is 5.94. The minimum atomic E-state index is -0.184. The topological polar surface area (TPSA) is 79.1 Å². The molecule has 0 bridgehead atoms.